The van der Waals surface area contributed by atoms with Crippen molar-refractivity contribution in [2.45, 2.75) is 26.2 Å². The van der Waals surface area contributed by atoms with E-state index in [9.17, 15) is 0 Å². The zero-order chi connectivity index (χ0) is 13.0. The fourth-order valence-electron chi connectivity index (χ4n) is 1.63. The smallest absolute Gasteiger partial charge is 0.320 e. The lowest BCUT2D eigenvalue weighted by molar-refractivity contribution is 0.510. The van der Waals surface area contributed by atoms with Gasteiger partial charge >= 0.3 is 6.01 Å². The molecule has 2 aromatic rings. The third kappa shape index (κ3) is 3.07. The highest BCUT2D eigenvalue weighted by Gasteiger charge is 2.06. The van der Waals surface area contributed by atoms with Crippen molar-refractivity contribution < 1.29 is 4.42 Å². The Kier molecular flexibility index (Phi) is 3.94. The lowest BCUT2D eigenvalue weighted by Crippen LogP contribution is -2.02. The Hall–Kier alpha value is -1.88. The van der Waals surface area contributed by atoms with Gasteiger partial charge in [-0.25, -0.2) is 0 Å². The van der Waals surface area contributed by atoms with Gasteiger partial charge < -0.3 is 15.5 Å². The van der Waals surface area contributed by atoms with Crippen molar-refractivity contribution in [1.29, 1.82) is 0 Å². The molecule has 1 aromatic carbocycles. The normalized spacial score (nSPS) is 10.9. The van der Waals surface area contributed by atoms with Crippen molar-refractivity contribution in [3.63, 3.8) is 0 Å². The summed E-state index contributed by atoms with van der Waals surface area (Å²) in [6, 6.07) is 8.56. The Morgan fingerprint density at radius 3 is 2.89 bits per heavy atom. The van der Waals surface area contributed by atoms with Gasteiger partial charge in [-0.1, -0.05) is 31.1 Å². The fraction of sp³-hybridized carbons (Fsp3) is 0.385. The molecule has 0 spiro atoms. The maximum Gasteiger partial charge on any atom is 0.320 e. The molecule has 0 radical (unpaired) electrons. The first-order valence-electron chi connectivity index (χ1n) is 6.08. The van der Waals surface area contributed by atoms with E-state index in [0.717, 1.165) is 5.69 Å². The van der Waals surface area contributed by atoms with Gasteiger partial charge in [0.15, 0.2) is 0 Å². The molecule has 0 unspecified atom stereocenters. The molecule has 0 atom stereocenters. The van der Waals surface area contributed by atoms with Gasteiger partial charge in [0.05, 0.1) is 0 Å². The van der Waals surface area contributed by atoms with Crippen LogP contribution < -0.4 is 11.1 Å². The number of benzene rings is 1. The summed E-state index contributed by atoms with van der Waals surface area (Å²) in [6.45, 7) is 4.82. The fourth-order valence-corrected chi connectivity index (χ4v) is 1.63. The lowest BCUT2D eigenvalue weighted by atomic mass is 10.0. The maximum absolute atomic E-state index is 5.43. The molecule has 96 valence electrons. The first-order valence-corrected chi connectivity index (χ1v) is 6.08. The Bertz CT molecular complexity index is 507. The Labute approximate surface area is 106 Å². The van der Waals surface area contributed by atoms with Gasteiger partial charge in [0.2, 0.25) is 5.89 Å². The van der Waals surface area contributed by atoms with E-state index in [-0.39, 0.29) is 0 Å². The third-order valence-electron chi connectivity index (χ3n) is 2.63. The van der Waals surface area contributed by atoms with E-state index in [1.807, 2.05) is 12.1 Å². The summed E-state index contributed by atoms with van der Waals surface area (Å²) in [5.41, 5.74) is 7.64. The second-order valence-electron chi connectivity index (χ2n) is 4.44. The highest BCUT2D eigenvalue weighted by Crippen LogP contribution is 2.21. The first-order chi connectivity index (χ1) is 8.69. The van der Waals surface area contributed by atoms with Crippen molar-refractivity contribution in [3.05, 3.63) is 35.7 Å². The van der Waals surface area contributed by atoms with E-state index < -0.39 is 0 Å². The molecule has 0 bridgehead atoms. The minimum absolute atomic E-state index is 0.402. The van der Waals surface area contributed by atoms with E-state index in [1.165, 1.54) is 5.56 Å². The van der Waals surface area contributed by atoms with Crippen LogP contribution >= 0.6 is 0 Å². The molecule has 5 nitrogen and oxygen atoms in total. The summed E-state index contributed by atoms with van der Waals surface area (Å²) in [6.07, 6.45) is 0.598. The Morgan fingerprint density at radius 1 is 1.33 bits per heavy atom. The molecule has 18 heavy (non-hydrogen) atoms. The van der Waals surface area contributed by atoms with Crippen molar-refractivity contribution in [2.24, 2.45) is 5.73 Å². The molecule has 0 aliphatic heterocycles. The van der Waals surface area contributed by atoms with Crippen LogP contribution in [0.2, 0.25) is 0 Å². The van der Waals surface area contributed by atoms with Gasteiger partial charge in [0, 0.05) is 18.7 Å². The topological polar surface area (TPSA) is 77.0 Å². The summed E-state index contributed by atoms with van der Waals surface area (Å²) in [5.74, 6) is 1.04. The Morgan fingerprint density at radius 2 is 2.17 bits per heavy atom. The van der Waals surface area contributed by atoms with Gasteiger partial charge in [0.25, 0.3) is 0 Å². The average Bonchev–Trinajstić information content (AvgIpc) is 2.77. The van der Waals surface area contributed by atoms with Crippen LogP contribution in [0.4, 0.5) is 11.7 Å². The van der Waals surface area contributed by atoms with Crippen LogP contribution in [0.1, 0.15) is 31.2 Å². The minimum Gasteiger partial charge on any atom is -0.408 e. The number of hydrogen-bond acceptors (Lipinski definition) is 5. The summed E-state index contributed by atoms with van der Waals surface area (Å²) in [7, 11) is 0. The van der Waals surface area contributed by atoms with Crippen molar-refractivity contribution >= 4 is 11.7 Å². The molecular weight excluding hydrogens is 228 g/mol. The van der Waals surface area contributed by atoms with Crippen LogP contribution in [0, 0.1) is 0 Å². The molecule has 1 heterocycles. The highest BCUT2D eigenvalue weighted by atomic mass is 16.4. The number of rotatable bonds is 5. The molecular formula is C13H18N4O. The van der Waals surface area contributed by atoms with Crippen LogP contribution in [0.25, 0.3) is 0 Å². The molecule has 0 saturated carbocycles. The molecule has 2 rings (SSSR count). The van der Waals surface area contributed by atoms with Crippen LogP contribution in [-0.4, -0.2) is 16.7 Å². The monoisotopic (exact) mass is 246 g/mol. The SMILES string of the molecule is CC(C)c1cccc(Nc2nnc(CCN)o2)c1. The molecule has 5 heteroatoms. The molecule has 0 saturated heterocycles. The van der Waals surface area contributed by atoms with Crippen molar-refractivity contribution in [1.82, 2.24) is 10.2 Å². The minimum atomic E-state index is 0.402. The number of nitrogens with zero attached hydrogens (tertiary/aromatic N) is 2. The summed E-state index contributed by atoms with van der Waals surface area (Å²) >= 11 is 0. The van der Waals surface area contributed by atoms with Gasteiger partial charge in [-0.15, -0.1) is 5.10 Å². The molecule has 3 N–H and O–H groups in total. The zero-order valence-corrected chi connectivity index (χ0v) is 10.7. The number of nitrogens with one attached hydrogen (secondary N) is 1. The largest absolute Gasteiger partial charge is 0.408 e. The molecule has 0 aliphatic rings. The second kappa shape index (κ2) is 5.64. The summed E-state index contributed by atoms with van der Waals surface area (Å²) in [4.78, 5) is 0. The van der Waals surface area contributed by atoms with Gasteiger partial charge in [-0.3, -0.25) is 0 Å². The van der Waals surface area contributed by atoms with E-state index in [1.54, 1.807) is 0 Å². The van der Waals surface area contributed by atoms with E-state index in [4.69, 9.17) is 10.2 Å². The quantitative estimate of drug-likeness (QED) is 0.847. The second-order valence-corrected chi connectivity index (χ2v) is 4.44. The van der Waals surface area contributed by atoms with E-state index >= 15 is 0 Å². The molecule has 0 amide bonds. The molecule has 1 aromatic heterocycles. The van der Waals surface area contributed by atoms with Crippen molar-refractivity contribution in [3.8, 4) is 0 Å². The molecule has 0 aliphatic carbocycles. The van der Waals surface area contributed by atoms with Crippen molar-refractivity contribution in [2.75, 3.05) is 11.9 Å². The summed E-state index contributed by atoms with van der Waals surface area (Å²) in [5, 5.41) is 10.9. The predicted octanol–water partition coefficient (Wildman–Crippen LogP) is 2.44. The van der Waals surface area contributed by atoms with Crippen LogP contribution in [-0.2, 0) is 6.42 Å². The number of anilines is 2. The zero-order valence-electron chi connectivity index (χ0n) is 10.7. The molecule has 0 fully saturated rings. The van der Waals surface area contributed by atoms with Gasteiger partial charge in [-0.2, -0.15) is 0 Å². The van der Waals surface area contributed by atoms with Gasteiger partial charge in [-0.05, 0) is 23.6 Å². The van der Waals surface area contributed by atoms with Crippen LogP contribution in [0.3, 0.4) is 0 Å². The lowest BCUT2D eigenvalue weighted by Gasteiger charge is -2.07. The maximum atomic E-state index is 5.43. The third-order valence-corrected chi connectivity index (χ3v) is 2.63. The number of aromatic nitrogens is 2. The van der Waals surface area contributed by atoms with E-state index in [0.29, 0.717) is 30.8 Å². The Balaban J connectivity index is 2.10. The number of nitrogens with two attached hydrogens (primary N) is 1. The van der Waals surface area contributed by atoms with Crippen LogP contribution in [0.5, 0.6) is 0 Å². The van der Waals surface area contributed by atoms with Crippen LogP contribution in [0.15, 0.2) is 28.7 Å². The average molecular weight is 246 g/mol. The van der Waals surface area contributed by atoms with Gasteiger partial charge in [0.1, 0.15) is 0 Å². The summed E-state index contributed by atoms with van der Waals surface area (Å²) < 4.78 is 5.41. The standard InChI is InChI=1S/C13H18N4O/c1-9(2)10-4-3-5-11(8-10)15-13-17-16-12(18-13)6-7-14/h3-5,8-9H,6-7,14H2,1-2H3,(H,15,17). The number of hydrogen-bond donors (Lipinski definition) is 2. The van der Waals surface area contributed by atoms with E-state index in [2.05, 4.69) is 41.5 Å². The highest BCUT2D eigenvalue weighted by molar-refractivity contribution is 5.53. The first kappa shape index (κ1) is 12.6. The predicted molar refractivity (Wildman–Crippen MR) is 70.9 cm³/mol.